The van der Waals surface area contributed by atoms with Crippen LogP contribution in [-0.2, 0) is 24.2 Å². The molecule has 1 saturated heterocycles. The number of fused-ring (bicyclic) bond motifs is 1. The molecule has 1 atom stereocenters. The fraction of sp³-hybridized carbons (Fsp3) is 0.500. The number of aryl methyl sites for hydroxylation is 1. The summed E-state index contributed by atoms with van der Waals surface area (Å²) in [5, 5.41) is 16.1. The maximum Gasteiger partial charge on any atom is 0.229 e. The molecule has 1 fully saturated rings. The van der Waals surface area contributed by atoms with E-state index in [1.807, 2.05) is 10.3 Å². The van der Waals surface area contributed by atoms with Crippen molar-refractivity contribution in [2.24, 2.45) is 0 Å². The van der Waals surface area contributed by atoms with E-state index in [0.29, 0.717) is 6.42 Å². The Labute approximate surface area is 172 Å². The second-order valence-corrected chi connectivity index (χ2v) is 9.15. The minimum atomic E-state index is 0.0572. The van der Waals surface area contributed by atoms with Gasteiger partial charge in [-0.25, -0.2) is 4.98 Å². The highest BCUT2D eigenvalue weighted by atomic mass is 32.1. The fourth-order valence-electron chi connectivity index (χ4n) is 4.25. The number of amides is 1. The van der Waals surface area contributed by atoms with Crippen LogP contribution in [0.1, 0.15) is 55.5 Å². The maximum absolute atomic E-state index is 13.1. The van der Waals surface area contributed by atoms with E-state index in [9.17, 15) is 4.79 Å². The van der Waals surface area contributed by atoms with Crippen LogP contribution >= 0.6 is 22.7 Å². The van der Waals surface area contributed by atoms with Crippen molar-refractivity contribution in [2.45, 2.75) is 57.5 Å². The summed E-state index contributed by atoms with van der Waals surface area (Å²) in [5.41, 5.74) is 2.00. The lowest BCUT2D eigenvalue weighted by molar-refractivity contribution is -0.131. The van der Waals surface area contributed by atoms with Crippen molar-refractivity contribution in [3.8, 4) is 10.6 Å². The molecule has 3 aromatic rings. The van der Waals surface area contributed by atoms with Gasteiger partial charge in [0.25, 0.3) is 0 Å². The van der Waals surface area contributed by atoms with E-state index in [0.717, 1.165) is 60.3 Å². The predicted octanol–water partition coefficient (Wildman–Crippen LogP) is 4.10. The van der Waals surface area contributed by atoms with E-state index in [2.05, 4.69) is 36.6 Å². The van der Waals surface area contributed by atoms with Crippen molar-refractivity contribution in [3.63, 3.8) is 0 Å². The van der Waals surface area contributed by atoms with Gasteiger partial charge in [-0.05, 0) is 37.1 Å². The molecule has 0 N–H and O–H groups in total. The van der Waals surface area contributed by atoms with E-state index in [1.165, 1.54) is 19.3 Å². The topological polar surface area (TPSA) is 63.9 Å². The van der Waals surface area contributed by atoms with Crippen LogP contribution in [0.3, 0.4) is 0 Å². The Balaban J connectivity index is 1.33. The average molecular weight is 414 g/mol. The largest absolute Gasteiger partial charge is 0.332 e. The van der Waals surface area contributed by atoms with Gasteiger partial charge in [-0.1, -0.05) is 6.42 Å². The van der Waals surface area contributed by atoms with E-state index < -0.39 is 0 Å². The van der Waals surface area contributed by atoms with Crippen molar-refractivity contribution < 1.29 is 4.79 Å². The van der Waals surface area contributed by atoms with E-state index in [4.69, 9.17) is 0 Å². The molecule has 0 bridgehead atoms. The molecule has 2 aliphatic heterocycles. The lowest BCUT2D eigenvalue weighted by Crippen LogP contribution is -2.33. The summed E-state index contributed by atoms with van der Waals surface area (Å²) in [6.07, 6.45) is 6.95. The Morgan fingerprint density at radius 1 is 1.14 bits per heavy atom. The van der Waals surface area contributed by atoms with Gasteiger partial charge in [0.05, 0.1) is 18.2 Å². The number of thiazole rings is 1. The Morgan fingerprint density at radius 3 is 3.00 bits per heavy atom. The number of hydrogen-bond acceptors (Lipinski definition) is 6. The van der Waals surface area contributed by atoms with E-state index in [1.54, 1.807) is 22.7 Å². The zero-order chi connectivity index (χ0) is 18.9. The van der Waals surface area contributed by atoms with Gasteiger partial charge < -0.3 is 9.47 Å². The molecule has 1 amide bonds. The van der Waals surface area contributed by atoms with Gasteiger partial charge in [0.15, 0.2) is 5.82 Å². The number of aromatic nitrogens is 4. The molecule has 28 heavy (non-hydrogen) atoms. The Bertz CT molecular complexity index is 961. The Kier molecular flexibility index (Phi) is 4.98. The van der Waals surface area contributed by atoms with Crippen LogP contribution in [0.2, 0.25) is 0 Å². The molecule has 3 aromatic heterocycles. The molecule has 146 valence electrons. The third kappa shape index (κ3) is 3.39. The molecule has 5 rings (SSSR count). The molecular formula is C20H23N5OS2. The standard InChI is InChI=1S/C20H23N5OS2/c26-18(11-15-13-28-20(21-15)14-7-10-27-12-14)24-9-4-5-16(24)19-23-22-17-6-2-1-3-8-25(17)19/h7,10,12-13,16H,1-6,8-9,11H2/t16-/m0/s1. The second kappa shape index (κ2) is 7.75. The molecule has 0 saturated carbocycles. The smallest absolute Gasteiger partial charge is 0.229 e. The Hall–Kier alpha value is -2.06. The third-order valence-corrected chi connectivity index (χ3v) is 7.28. The molecule has 0 radical (unpaired) electrons. The van der Waals surface area contributed by atoms with E-state index in [-0.39, 0.29) is 11.9 Å². The quantitative estimate of drug-likeness (QED) is 0.646. The van der Waals surface area contributed by atoms with Crippen LogP contribution in [0.15, 0.2) is 22.2 Å². The molecule has 0 spiro atoms. The normalized spacial score (nSPS) is 19.6. The minimum absolute atomic E-state index is 0.0572. The lowest BCUT2D eigenvalue weighted by Gasteiger charge is -2.24. The zero-order valence-electron chi connectivity index (χ0n) is 15.7. The summed E-state index contributed by atoms with van der Waals surface area (Å²) in [6.45, 7) is 1.78. The Morgan fingerprint density at radius 2 is 2.11 bits per heavy atom. The summed E-state index contributed by atoms with van der Waals surface area (Å²) in [5.74, 6) is 2.22. The maximum atomic E-state index is 13.1. The van der Waals surface area contributed by atoms with Crippen molar-refractivity contribution >= 4 is 28.6 Å². The molecule has 2 aliphatic rings. The monoisotopic (exact) mass is 413 g/mol. The number of carbonyl (C=O) groups is 1. The van der Waals surface area contributed by atoms with Gasteiger partial charge in [-0.15, -0.1) is 21.5 Å². The van der Waals surface area contributed by atoms with Gasteiger partial charge in [0.1, 0.15) is 10.8 Å². The van der Waals surface area contributed by atoms with Crippen LogP contribution in [0.4, 0.5) is 0 Å². The summed E-state index contributed by atoms with van der Waals surface area (Å²) >= 11 is 3.28. The summed E-state index contributed by atoms with van der Waals surface area (Å²) < 4.78 is 2.28. The minimum Gasteiger partial charge on any atom is -0.332 e. The third-order valence-electron chi connectivity index (χ3n) is 5.66. The lowest BCUT2D eigenvalue weighted by atomic mass is 10.2. The predicted molar refractivity (Wildman–Crippen MR) is 110 cm³/mol. The zero-order valence-corrected chi connectivity index (χ0v) is 17.3. The SMILES string of the molecule is O=C(Cc1csc(-c2ccsc2)n1)N1CCC[C@H]1c1nnc2n1CCCCC2. The fourth-order valence-corrected chi connectivity index (χ4v) is 5.78. The molecule has 0 aromatic carbocycles. The molecule has 8 heteroatoms. The van der Waals surface area contributed by atoms with Crippen LogP contribution in [0, 0.1) is 0 Å². The molecule has 0 unspecified atom stereocenters. The summed E-state index contributed by atoms with van der Waals surface area (Å²) in [7, 11) is 0. The number of nitrogens with zero attached hydrogens (tertiary/aromatic N) is 5. The highest BCUT2D eigenvalue weighted by molar-refractivity contribution is 7.14. The van der Waals surface area contributed by atoms with E-state index >= 15 is 0 Å². The first-order chi connectivity index (χ1) is 13.8. The van der Waals surface area contributed by atoms with Crippen molar-refractivity contribution in [3.05, 3.63) is 39.5 Å². The van der Waals surface area contributed by atoms with Gasteiger partial charge in [-0.2, -0.15) is 11.3 Å². The highest BCUT2D eigenvalue weighted by Crippen LogP contribution is 2.33. The van der Waals surface area contributed by atoms with Crippen molar-refractivity contribution in [1.82, 2.24) is 24.6 Å². The van der Waals surface area contributed by atoms with Gasteiger partial charge in [0.2, 0.25) is 5.91 Å². The first-order valence-electron chi connectivity index (χ1n) is 9.98. The molecule has 0 aliphatic carbocycles. The first-order valence-corrected chi connectivity index (χ1v) is 11.8. The average Bonchev–Trinajstić information content (AvgIpc) is 3.47. The number of thiophene rings is 1. The molecule has 6 nitrogen and oxygen atoms in total. The highest BCUT2D eigenvalue weighted by Gasteiger charge is 2.34. The summed E-state index contributed by atoms with van der Waals surface area (Å²) in [4.78, 5) is 19.8. The van der Waals surface area contributed by atoms with Crippen LogP contribution in [-0.4, -0.2) is 37.1 Å². The van der Waals surface area contributed by atoms with Crippen LogP contribution < -0.4 is 0 Å². The molecular weight excluding hydrogens is 390 g/mol. The van der Waals surface area contributed by atoms with Gasteiger partial charge in [0, 0.05) is 35.8 Å². The number of carbonyl (C=O) groups excluding carboxylic acids is 1. The number of hydrogen-bond donors (Lipinski definition) is 0. The summed E-state index contributed by atoms with van der Waals surface area (Å²) in [6, 6.07) is 2.13. The van der Waals surface area contributed by atoms with Crippen molar-refractivity contribution in [1.29, 1.82) is 0 Å². The van der Waals surface area contributed by atoms with Gasteiger partial charge in [-0.3, -0.25) is 4.79 Å². The number of rotatable bonds is 4. The van der Waals surface area contributed by atoms with Crippen LogP contribution in [0.25, 0.3) is 10.6 Å². The van der Waals surface area contributed by atoms with Crippen molar-refractivity contribution in [2.75, 3.05) is 6.54 Å². The van der Waals surface area contributed by atoms with Gasteiger partial charge >= 0.3 is 0 Å². The number of likely N-dealkylation sites (tertiary alicyclic amines) is 1. The second-order valence-electron chi connectivity index (χ2n) is 7.51. The molecule has 5 heterocycles. The first kappa shape index (κ1) is 18.0. The van der Waals surface area contributed by atoms with Crippen LogP contribution in [0.5, 0.6) is 0 Å².